The summed E-state index contributed by atoms with van der Waals surface area (Å²) in [6, 6.07) is 8.26. The third-order valence-corrected chi connectivity index (χ3v) is 3.15. The smallest absolute Gasteiger partial charge is 0.0915 e. The maximum atomic E-state index is 4.71. The van der Waals surface area contributed by atoms with E-state index in [0.717, 1.165) is 22.6 Å². The molecule has 0 aliphatic heterocycles. The third kappa shape index (κ3) is 2.42. The Kier molecular flexibility index (Phi) is 3.20. The van der Waals surface area contributed by atoms with E-state index in [4.69, 9.17) is 4.98 Å². The number of aromatic nitrogens is 2. The average Bonchev–Trinajstić information content (AvgIpc) is 2.27. The molecule has 0 aromatic carbocycles. The lowest BCUT2D eigenvalue weighted by Crippen LogP contribution is -2.14. The predicted molar refractivity (Wildman–Crippen MR) is 75.6 cm³/mol. The van der Waals surface area contributed by atoms with Crippen molar-refractivity contribution in [1.29, 1.82) is 0 Å². The van der Waals surface area contributed by atoms with Gasteiger partial charge in [0.1, 0.15) is 0 Å². The summed E-state index contributed by atoms with van der Waals surface area (Å²) in [7, 11) is 0. The first-order valence-corrected chi connectivity index (χ1v) is 6.30. The molecule has 2 heteroatoms. The highest BCUT2D eigenvalue weighted by molar-refractivity contribution is 5.59. The Balaban J connectivity index is 2.51. The normalized spacial score (nSPS) is 11.6. The van der Waals surface area contributed by atoms with Crippen LogP contribution in [0.1, 0.15) is 37.6 Å². The van der Waals surface area contributed by atoms with Gasteiger partial charge in [0.2, 0.25) is 0 Å². The number of rotatable bonds is 1. The van der Waals surface area contributed by atoms with Crippen LogP contribution in [0.25, 0.3) is 11.4 Å². The number of aryl methyl sites for hydroxylation is 2. The fourth-order valence-corrected chi connectivity index (χ4v) is 2.24. The second-order valence-corrected chi connectivity index (χ2v) is 5.75. The molecule has 0 aliphatic rings. The van der Waals surface area contributed by atoms with Gasteiger partial charge in [-0.15, -0.1) is 0 Å². The summed E-state index contributed by atoms with van der Waals surface area (Å²) >= 11 is 0. The minimum atomic E-state index is 0.134. The van der Waals surface area contributed by atoms with E-state index in [2.05, 4.69) is 57.8 Å². The molecule has 0 saturated heterocycles. The second-order valence-electron chi connectivity index (χ2n) is 5.75. The molecule has 0 radical (unpaired) electrons. The molecule has 0 fully saturated rings. The van der Waals surface area contributed by atoms with Crippen LogP contribution in [0.15, 0.2) is 30.5 Å². The second kappa shape index (κ2) is 4.52. The molecule has 0 saturated carbocycles. The molecule has 2 aromatic rings. The van der Waals surface area contributed by atoms with Crippen molar-refractivity contribution in [2.45, 2.75) is 40.0 Å². The minimum absolute atomic E-state index is 0.134. The fraction of sp³-hybridized carbons (Fsp3) is 0.375. The summed E-state index contributed by atoms with van der Waals surface area (Å²) in [6.45, 7) is 10.8. The molecule has 0 N–H and O–H groups in total. The van der Waals surface area contributed by atoms with Crippen LogP contribution in [0, 0.1) is 13.8 Å². The Morgan fingerprint density at radius 1 is 1.00 bits per heavy atom. The molecule has 0 unspecified atom stereocenters. The predicted octanol–water partition coefficient (Wildman–Crippen LogP) is 4.06. The fourth-order valence-electron chi connectivity index (χ4n) is 2.24. The molecule has 2 nitrogen and oxygen atoms in total. The zero-order valence-corrected chi connectivity index (χ0v) is 11.8. The van der Waals surface area contributed by atoms with E-state index in [1.807, 2.05) is 12.3 Å². The Hall–Kier alpha value is -1.70. The summed E-state index contributed by atoms with van der Waals surface area (Å²) in [5, 5.41) is 0. The summed E-state index contributed by atoms with van der Waals surface area (Å²) in [4.78, 5) is 9.13. The first-order chi connectivity index (χ1) is 8.39. The molecule has 18 heavy (non-hydrogen) atoms. The number of pyridine rings is 2. The monoisotopic (exact) mass is 240 g/mol. The lowest BCUT2D eigenvalue weighted by Gasteiger charge is -2.21. The number of nitrogens with zero attached hydrogens (tertiary/aromatic N) is 2. The summed E-state index contributed by atoms with van der Waals surface area (Å²) < 4.78 is 0. The highest BCUT2D eigenvalue weighted by atomic mass is 14.8. The zero-order chi connectivity index (χ0) is 13.3. The molecule has 2 rings (SSSR count). The zero-order valence-electron chi connectivity index (χ0n) is 11.8. The van der Waals surface area contributed by atoms with E-state index < -0.39 is 0 Å². The van der Waals surface area contributed by atoms with Crippen molar-refractivity contribution in [3.8, 4) is 11.4 Å². The first-order valence-electron chi connectivity index (χ1n) is 6.30. The highest BCUT2D eigenvalue weighted by Crippen LogP contribution is 2.27. The van der Waals surface area contributed by atoms with Crippen LogP contribution in [-0.2, 0) is 5.41 Å². The molecular formula is C16H20N2. The first kappa shape index (κ1) is 12.7. The van der Waals surface area contributed by atoms with Gasteiger partial charge in [0.15, 0.2) is 0 Å². The Morgan fingerprint density at radius 2 is 1.72 bits per heavy atom. The molecule has 0 amide bonds. The van der Waals surface area contributed by atoms with Gasteiger partial charge < -0.3 is 0 Å². The summed E-state index contributed by atoms with van der Waals surface area (Å²) in [5.74, 6) is 0. The van der Waals surface area contributed by atoms with Gasteiger partial charge in [0, 0.05) is 11.9 Å². The van der Waals surface area contributed by atoms with Crippen LogP contribution in [0.4, 0.5) is 0 Å². The van der Waals surface area contributed by atoms with E-state index in [0.29, 0.717) is 0 Å². The maximum Gasteiger partial charge on any atom is 0.0915 e. The van der Waals surface area contributed by atoms with Gasteiger partial charge in [-0.2, -0.15) is 0 Å². The van der Waals surface area contributed by atoms with E-state index >= 15 is 0 Å². The molecule has 0 spiro atoms. The van der Waals surface area contributed by atoms with Crippen LogP contribution in [-0.4, -0.2) is 9.97 Å². The van der Waals surface area contributed by atoms with Gasteiger partial charge in [0.25, 0.3) is 0 Å². The van der Waals surface area contributed by atoms with Crippen LogP contribution in [0.2, 0.25) is 0 Å². The van der Waals surface area contributed by atoms with E-state index in [9.17, 15) is 0 Å². The third-order valence-electron chi connectivity index (χ3n) is 3.15. The van der Waals surface area contributed by atoms with Gasteiger partial charge in [-0.25, -0.2) is 0 Å². The van der Waals surface area contributed by atoms with Crippen LogP contribution >= 0.6 is 0 Å². The minimum Gasteiger partial charge on any atom is -0.254 e. The van der Waals surface area contributed by atoms with Gasteiger partial charge in [-0.3, -0.25) is 9.97 Å². The molecule has 2 aromatic heterocycles. The molecule has 0 aliphatic carbocycles. The SMILES string of the molecule is Cc1cccnc1-c1ccc(C(C)(C)C)c(C)n1. The topological polar surface area (TPSA) is 25.8 Å². The Bertz CT molecular complexity index is 566. The highest BCUT2D eigenvalue weighted by Gasteiger charge is 2.17. The Morgan fingerprint density at radius 3 is 2.28 bits per heavy atom. The summed E-state index contributed by atoms with van der Waals surface area (Å²) in [6.07, 6.45) is 1.82. The van der Waals surface area contributed by atoms with Crippen molar-refractivity contribution in [2.24, 2.45) is 0 Å². The van der Waals surface area contributed by atoms with Crippen LogP contribution < -0.4 is 0 Å². The lowest BCUT2D eigenvalue weighted by molar-refractivity contribution is 0.582. The quantitative estimate of drug-likeness (QED) is 0.751. The van der Waals surface area contributed by atoms with E-state index in [-0.39, 0.29) is 5.41 Å². The van der Waals surface area contributed by atoms with E-state index in [1.54, 1.807) is 0 Å². The molecular weight excluding hydrogens is 220 g/mol. The maximum absolute atomic E-state index is 4.71. The van der Waals surface area contributed by atoms with Crippen LogP contribution in [0.3, 0.4) is 0 Å². The van der Waals surface area contributed by atoms with Crippen molar-refractivity contribution < 1.29 is 0 Å². The van der Waals surface area contributed by atoms with Gasteiger partial charge >= 0.3 is 0 Å². The van der Waals surface area contributed by atoms with E-state index in [1.165, 1.54) is 5.56 Å². The van der Waals surface area contributed by atoms with Crippen molar-refractivity contribution in [3.05, 3.63) is 47.3 Å². The van der Waals surface area contributed by atoms with Crippen molar-refractivity contribution >= 4 is 0 Å². The number of hydrogen-bond donors (Lipinski definition) is 0. The lowest BCUT2D eigenvalue weighted by atomic mass is 9.86. The molecule has 0 atom stereocenters. The van der Waals surface area contributed by atoms with Gasteiger partial charge in [0.05, 0.1) is 11.4 Å². The van der Waals surface area contributed by atoms with Crippen molar-refractivity contribution in [2.75, 3.05) is 0 Å². The largest absolute Gasteiger partial charge is 0.254 e. The molecule has 2 heterocycles. The average molecular weight is 240 g/mol. The van der Waals surface area contributed by atoms with Crippen molar-refractivity contribution in [1.82, 2.24) is 9.97 Å². The van der Waals surface area contributed by atoms with Crippen LogP contribution in [0.5, 0.6) is 0 Å². The molecule has 0 bridgehead atoms. The molecule has 94 valence electrons. The Labute approximate surface area is 109 Å². The number of hydrogen-bond acceptors (Lipinski definition) is 2. The standard InChI is InChI=1S/C16H20N2/c1-11-7-6-10-17-15(11)14-9-8-13(12(2)18-14)16(3,4)5/h6-10H,1-5H3. The summed E-state index contributed by atoms with van der Waals surface area (Å²) in [5.41, 5.74) is 5.60. The van der Waals surface area contributed by atoms with Gasteiger partial charge in [-0.1, -0.05) is 32.9 Å². The van der Waals surface area contributed by atoms with Crippen molar-refractivity contribution in [3.63, 3.8) is 0 Å². The van der Waals surface area contributed by atoms with Gasteiger partial charge in [-0.05, 0) is 42.5 Å².